The van der Waals surface area contributed by atoms with Gasteiger partial charge in [-0.2, -0.15) is 13.2 Å². The second-order valence-corrected chi connectivity index (χ2v) is 20.9. The maximum atomic E-state index is 13.2. The Morgan fingerprint density at radius 1 is 0.586 bits per heavy atom. The smallest absolute Gasteiger partial charge is 0.422 e. The van der Waals surface area contributed by atoms with Gasteiger partial charge in [0, 0.05) is 97.6 Å². The van der Waals surface area contributed by atoms with Crippen LogP contribution in [0, 0.1) is 46.3 Å². The predicted molar refractivity (Wildman–Crippen MR) is 325 cm³/mol. The van der Waals surface area contributed by atoms with E-state index in [9.17, 15) is 41.1 Å². The zero-order valence-corrected chi connectivity index (χ0v) is 49.4. The quantitative estimate of drug-likeness (QED) is 0.0541. The van der Waals surface area contributed by atoms with Crippen molar-refractivity contribution in [1.82, 2.24) is 54.7 Å². The number of imidazole rings is 2. The predicted octanol–water partition coefficient (Wildman–Crippen LogP) is 9.64. The first-order valence-corrected chi connectivity index (χ1v) is 28.6. The van der Waals surface area contributed by atoms with Gasteiger partial charge in [0.25, 0.3) is 0 Å². The van der Waals surface area contributed by atoms with E-state index >= 15 is 0 Å². The minimum atomic E-state index is -4.52. The minimum absolute atomic E-state index is 0.0315. The van der Waals surface area contributed by atoms with E-state index in [4.69, 9.17) is 19.0 Å². The third-order valence-corrected chi connectivity index (χ3v) is 14.1. The number of aromatic nitrogens is 8. The molecule has 2 fully saturated rings. The third kappa shape index (κ3) is 15.5. The van der Waals surface area contributed by atoms with Gasteiger partial charge in [-0.05, 0) is 122 Å². The molecule has 0 aliphatic carbocycles. The molecule has 26 heteroatoms. The van der Waals surface area contributed by atoms with Crippen molar-refractivity contribution in [3.63, 3.8) is 0 Å². The van der Waals surface area contributed by atoms with Gasteiger partial charge < -0.3 is 48.6 Å². The first-order chi connectivity index (χ1) is 41.6. The van der Waals surface area contributed by atoms with E-state index < -0.39 is 40.6 Å². The number of nitrogens with zero attached hydrogens (tertiary/aromatic N) is 9. The lowest BCUT2D eigenvalue weighted by Crippen LogP contribution is -2.27. The van der Waals surface area contributed by atoms with Crippen LogP contribution in [-0.2, 0) is 6.18 Å². The van der Waals surface area contributed by atoms with Gasteiger partial charge in [0.2, 0.25) is 0 Å². The summed E-state index contributed by atoms with van der Waals surface area (Å²) >= 11 is 2.97. The number of aryl methyl sites for hydroxylation is 5. The standard InChI is InChI=1S/C22H23N5O2.C17H12FN3O2.C11H6BrFO3.C6H6F3N3.C5H12N2/c1-14-12-27-13-19(25-21(27)15(2)24-14)18-10-16-4-5-17(11-20(16)29-22(18)28)26-8-3-6-23-7-9-26;1-9-7-21-8-14(20-16(21)10(2)19-9)13-5-11-3-4-12(18)6-15(11)23-17(13)22;12-5-9(14)8-3-6-1-2-7(13)4-10(6)16-11(8)15;1-3-2-11-5(10)4(12-3)6(7,8)9;1-2-6-4-5-7-3-1/h4-5,10-13,23H,3,6-9H2,1-2H3;3-8H,1-2H3;1-4H,5H2;2H,1H3,(H2,10,11);6-7H,1-5H2. The highest BCUT2D eigenvalue weighted by Gasteiger charge is 2.36. The lowest BCUT2D eigenvalue weighted by molar-refractivity contribution is -0.140. The molecular weight excluding hydrogens is 1200 g/mol. The number of hydrogen-bond donors (Lipinski definition) is 4. The lowest BCUT2D eigenvalue weighted by atomic mass is 10.1. The average Bonchev–Trinajstić information content (AvgIpc) is 1.97. The van der Waals surface area contributed by atoms with E-state index in [1.807, 2.05) is 73.3 Å². The Bertz CT molecular complexity index is 4480. The number of anilines is 2. The van der Waals surface area contributed by atoms with Crippen LogP contribution in [0.1, 0.15) is 57.4 Å². The fourth-order valence-corrected chi connectivity index (χ4v) is 9.82. The highest BCUT2D eigenvalue weighted by atomic mass is 79.9. The Morgan fingerprint density at radius 3 is 1.61 bits per heavy atom. The normalized spacial score (nSPS) is 13.6. The first-order valence-electron chi connectivity index (χ1n) is 27.5. The van der Waals surface area contributed by atoms with Gasteiger partial charge in [-0.25, -0.2) is 43.1 Å². The molecule has 10 heterocycles. The molecule has 3 aromatic carbocycles. The molecule has 87 heavy (non-hydrogen) atoms. The van der Waals surface area contributed by atoms with E-state index in [0.717, 1.165) is 91.3 Å². The molecule has 8 aromatic heterocycles. The summed E-state index contributed by atoms with van der Waals surface area (Å²) in [6.45, 7) is 17.6. The van der Waals surface area contributed by atoms with Crippen molar-refractivity contribution in [2.45, 2.75) is 53.6 Å². The van der Waals surface area contributed by atoms with Crippen LogP contribution in [0.15, 0.2) is 131 Å². The van der Waals surface area contributed by atoms with Gasteiger partial charge in [0.05, 0.1) is 62.5 Å². The van der Waals surface area contributed by atoms with Gasteiger partial charge in [0.15, 0.2) is 28.6 Å². The number of benzene rings is 3. The Balaban J connectivity index is 0.000000139. The van der Waals surface area contributed by atoms with E-state index in [1.54, 1.807) is 18.3 Å². The van der Waals surface area contributed by atoms with Gasteiger partial charge in [-0.15, -0.1) is 0 Å². The van der Waals surface area contributed by atoms with Gasteiger partial charge in [0.1, 0.15) is 33.9 Å². The topological polar surface area (TPSA) is 259 Å². The van der Waals surface area contributed by atoms with Crippen LogP contribution >= 0.6 is 15.9 Å². The molecule has 452 valence electrons. The SMILES string of the molecule is C1CNCCNC1.Cc1cn2cc(-c3cc4ccc(F)cc4oc3=O)nc2c(C)n1.Cc1cn2cc(-c3cc4ccc(N5CCCNCC5)cc4oc3=O)nc2c(C)n1.Cc1cnc(N)c(C(F)(F)F)n1.O=C(CBr)c1cc2ccc(F)cc2oc1=O. The Morgan fingerprint density at radius 2 is 1.08 bits per heavy atom. The summed E-state index contributed by atoms with van der Waals surface area (Å²) in [7, 11) is 0. The van der Waals surface area contributed by atoms with Crippen molar-refractivity contribution in [2.24, 2.45) is 0 Å². The summed E-state index contributed by atoms with van der Waals surface area (Å²) in [5.74, 6) is -1.89. The molecule has 0 atom stereocenters. The summed E-state index contributed by atoms with van der Waals surface area (Å²) in [4.78, 5) is 74.6. The molecule has 2 aliphatic rings. The van der Waals surface area contributed by atoms with Crippen molar-refractivity contribution in [2.75, 3.05) is 68.3 Å². The van der Waals surface area contributed by atoms with Crippen molar-refractivity contribution in [1.29, 1.82) is 0 Å². The van der Waals surface area contributed by atoms with Crippen LogP contribution in [0.25, 0.3) is 66.7 Å². The molecule has 2 saturated heterocycles. The number of carbonyl (C=O) groups is 1. The van der Waals surface area contributed by atoms with Crippen LogP contribution in [0.5, 0.6) is 0 Å². The maximum Gasteiger partial charge on any atom is 0.437 e. The molecule has 2 aliphatic heterocycles. The molecule has 5 N–H and O–H groups in total. The fourth-order valence-electron chi connectivity index (χ4n) is 9.52. The van der Waals surface area contributed by atoms with Crippen LogP contribution in [-0.4, -0.2) is 102 Å². The molecule has 0 unspecified atom stereocenters. The fraction of sp³-hybridized carbons (Fsp3) is 0.279. The van der Waals surface area contributed by atoms with Crippen LogP contribution < -0.4 is 43.5 Å². The van der Waals surface area contributed by atoms with Crippen LogP contribution in [0.4, 0.5) is 33.5 Å². The maximum absolute atomic E-state index is 13.2. The zero-order valence-electron chi connectivity index (χ0n) is 47.8. The number of nitrogen functional groups attached to an aromatic ring is 1. The molecule has 0 amide bonds. The minimum Gasteiger partial charge on any atom is -0.422 e. The number of carbonyl (C=O) groups excluding carboxylic acids is 1. The summed E-state index contributed by atoms with van der Waals surface area (Å²) in [5.41, 5.74) is 11.1. The monoisotopic (exact) mass is 1260 g/mol. The Kier molecular flexibility index (Phi) is 19.7. The highest BCUT2D eigenvalue weighted by molar-refractivity contribution is 9.09. The average molecular weight is 1260 g/mol. The van der Waals surface area contributed by atoms with Crippen molar-refractivity contribution in [3.8, 4) is 22.5 Å². The molecule has 0 spiro atoms. The van der Waals surface area contributed by atoms with Crippen LogP contribution in [0.3, 0.4) is 0 Å². The van der Waals surface area contributed by atoms with E-state index in [1.165, 1.54) is 63.0 Å². The van der Waals surface area contributed by atoms with Gasteiger partial charge >= 0.3 is 23.1 Å². The number of alkyl halides is 4. The Labute approximate surface area is 500 Å². The second kappa shape index (κ2) is 27.5. The van der Waals surface area contributed by atoms with Crippen molar-refractivity contribution in [3.05, 3.63) is 186 Å². The largest absolute Gasteiger partial charge is 0.437 e. The Hall–Kier alpha value is -9.11. The molecule has 13 rings (SSSR count). The number of fused-ring (bicyclic) bond motifs is 5. The number of ketones is 1. The number of hydrogen-bond acceptors (Lipinski definition) is 18. The molecule has 20 nitrogen and oxygen atoms in total. The number of rotatable bonds is 5. The van der Waals surface area contributed by atoms with E-state index in [-0.39, 0.29) is 39.2 Å². The highest BCUT2D eigenvalue weighted by Crippen LogP contribution is 2.31. The molecule has 11 aromatic rings. The molecule has 0 saturated carbocycles. The summed E-state index contributed by atoms with van der Waals surface area (Å²) < 4.78 is 81.7. The first kappa shape index (κ1) is 62.4. The molecular formula is C61H59BrF5N13O7. The number of halogens is 6. The lowest BCUT2D eigenvalue weighted by Gasteiger charge is -2.22. The summed E-state index contributed by atoms with van der Waals surface area (Å²) in [6, 6.07) is 18.9. The van der Waals surface area contributed by atoms with Gasteiger partial charge in [-0.1, -0.05) is 15.9 Å². The molecule has 0 radical (unpaired) electrons. The summed E-state index contributed by atoms with van der Waals surface area (Å²) in [6.07, 6.45) is 6.41. The van der Waals surface area contributed by atoms with E-state index in [0.29, 0.717) is 44.5 Å². The number of nitrogens with two attached hydrogens (primary N) is 1. The number of Topliss-reactive ketones (excluding diaryl/α,β-unsaturated/α-hetero) is 1. The van der Waals surface area contributed by atoms with Crippen molar-refractivity contribution < 1.29 is 40.0 Å². The zero-order chi connectivity index (χ0) is 62.1. The third-order valence-electron chi connectivity index (χ3n) is 13.6. The van der Waals surface area contributed by atoms with Gasteiger partial charge in [-0.3, -0.25) is 14.8 Å². The number of nitrogens with one attached hydrogen (secondary N) is 3. The van der Waals surface area contributed by atoms with E-state index in [2.05, 4.69) is 72.8 Å². The van der Waals surface area contributed by atoms with Crippen molar-refractivity contribution >= 4 is 77.4 Å². The second-order valence-electron chi connectivity index (χ2n) is 20.3. The van der Waals surface area contributed by atoms with Crippen LogP contribution in [0.2, 0.25) is 0 Å². The molecule has 0 bridgehead atoms. The summed E-state index contributed by atoms with van der Waals surface area (Å²) in [5, 5.41) is 12.1.